The summed E-state index contributed by atoms with van der Waals surface area (Å²) < 4.78 is 5.27. The molecule has 0 aromatic carbocycles. The fourth-order valence-electron chi connectivity index (χ4n) is 2.20. The number of guanidine groups is 1. The van der Waals surface area contributed by atoms with Gasteiger partial charge in [-0.25, -0.2) is 9.98 Å². The van der Waals surface area contributed by atoms with Crippen molar-refractivity contribution in [2.24, 2.45) is 4.99 Å². The minimum atomic E-state index is -1.12. The Morgan fingerprint density at radius 3 is 2.84 bits per heavy atom. The van der Waals surface area contributed by atoms with E-state index in [1.54, 1.807) is 36.7 Å². The predicted octanol–water partition coefficient (Wildman–Crippen LogP) is 3.06. The van der Waals surface area contributed by atoms with Gasteiger partial charge in [-0.05, 0) is 39.3 Å². The topological polar surface area (TPSA) is 82.7 Å². The second-order valence-electron chi connectivity index (χ2n) is 5.86. The molecule has 0 saturated heterocycles. The molecule has 6 nitrogen and oxygen atoms in total. The molecule has 1 unspecified atom stereocenters. The molecule has 0 radical (unpaired) electrons. The van der Waals surface area contributed by atoms with Gasteiger partial charge >= 0.3 is 0 Å². The van der Waals surface area contributed by atoms with E-state index in [4.69, 9.17) is 4.42 Å². The molecule has 0 fully saturated rings. The Morgan fingerprint density at radius 1 is 1.44 bits per heavy atom. The number of nitrogens with one attached hydrogen (secondary N) is 2. The second kappa shape index (κ2) is 10.8. The highest BCUT2D eigenvalue weighted by molar-refractivity contribution is 14.0. The van der Waals surface area contributed by atoms with Gasteiger partial charge < -0.3 is 20.2 Å². The van der Waals surface area contributed by atoms with Crippen LogP contribution in [0.2, 0.25) is 0 Å². The van der Waals surface area contributed by atoms with Crippen LogP contribution in [-0.2, 0) is 12.0 Å². The summed E-state index contributed by atoms with van der Waals surface area (Å²) in [5.41, 5.74) is -0.0393. The number of aryl methyl sites for hydroxylation is 2. The summed E-state index contributed by atoms with van der Waals surface area (Å²) in [6, 6.07) is 3.52. The van der Waals surface area contributed by atoms with Crippen molar-refractivity contribution in [1.29, 1.82) is 0 Å². The molecule has 0 amide bonds. The van der Waals surface area contributed by atoms with E-state index < -0.39 is 5.60 Å². The van der Waals surface area contributed by atoms with Crippen molar-refractivity contribution in [1.82, 2.24) is 15.6 Å². The summed E-state index contributed by atoms with van der Waals surface area (Å²) in [5.74, 6) is 1.21. The number of hydrogen-bond donors (Lipinski definition) is 3. The third kappa shape index (κ3) is 7.33. The van der Waals surface area contributed by atoms with Crippen LogP contribution in [0, 0.1) is 6.92 Å². The van der Waals surface area contributed by atoms with Crippen molar-refractivity contribution < 1.29 is 9.52 Å². The molecule has 0 aliphatic carbocycles. The number of furan rings is 1. The number of aromatic nitrogens is 1. The predicted molar refractivity (Wildman–Crippen MR) is 113 cm³/mol. The van der Waals surface area contributed by atoms with Crippen molar-refractivity contribution >= 4 is 41.3 Å². The van der Waals surface area contributed by atoms with Gasteiger partial charge in [0.1, 0.15) is 11.4 Å². The van der Waals surface area contributed by atoms with Crippen LogP contribution in [0.3, 0.4) is 0 Å². The zero-order valence-electron chi connectivity index (χ0n) is 14.9. The summed E-state index contributed by atoms with van der Waals surface area (Å²) in [7, 11) is 0. The molecular formula is C17H27IN4O2S. The van der Waals surface area contributed by atoms with Gasteiger partial charge in [-0.2, -0.15) is 0 Å². The van der Waals surface area contributed by atoms with E-state index in [0.29, 0.717) is 11.7 Å². The average molecular weight is 478 g/mol. The third-order valence-corrected chi connectivity index (χ3v) is 4.49. The van der Waals surface area contributed by atoms with Crippen molar-refractivity contribution in [2.45, 2.75) is 39.2 Å². The minimum absolute atomic E-state index is 0. The molecule has 2 aromatic heterocycles. The molecule has 8 heteroatoms. The van der Waals surface area contributed by atoms with Crippen LogP contribution < -0.4 is 10.6 Å². The van der Waals surface area contributed by atoms with Gasteiger partial charge in [0.2, 0.25) is 0 Å². The monoisotopic (exact) mass is 478 g/mol. The Kier molecular flexibility index (Phi) is 9.44. The van der Waals surface area contributed by atoms with Crippen LogP contribution >= 0.6 is 35.3 Å². The van der Waals surface area contributed by atoms with Crippen LogP contribution in [0.4, 0.5) is 0 Å². The lowest BCUT2D eigenvalue weighted by molar-refractivity contribution is 0.0437. The maximum atomic E-state index is 10.5. The molecule has 0 aliphatic heterocycles. The van der Waals surface area contributed by atoms with Gasteiger partial charge in [0, 0.05) is 30.6 Å². The van der Waals surface area contributed by atoms with Crippen molar-refractivity contribution in [2.75, 3.05) is 19.6 Å². The maximum Gasteiger partial charge on any atom is 0.191 e. The summed E-state index contributed by atoms with van der Waals surface area (Å²) >= 11 is 1.70. The molecule has 1 atom stereocenters. The minimum Gasteiger partial charge on any atom is -0.466 e. The number of thiazole rings is 1. The Labute approximate surface area is 170 Å². The van der Waals surface area contributed by atoms with Crippen molar-refractivity contribution in [3.05, 3.63) is 40.2 Å². The zero-order valence-corrected chi connectivity index (χ0v) is 18.1. The Hall–Kier alpha value is -1.13. The van der Waals surface area contributed by atoms with Gasteiger partial charge in [-0.15, -0.1) is 35.3 Å². The van der Waals surface area contributed by atoms with Gasteiger partial charge in [0.25, 0.3) is 0 Å². The normalized spacial score (nSPS) is 13.8. The molecule has 3 N–H and O–H groups in total. The highest BCUT2D eigenvalue weighted by atomic mass is 127. The molecule has 0 saturated carbocycles. The zero-order chi connectivity index (χ0) is 17.4. The van der Waals surface area contributed by atoms with Crippen molar-refractivity contribution in [3.8, 4) is 0 Å². The number of aliphatic hydroxyl groups is 1. The number of rotatable bonds is 8. The summed E-state index contributed by atoms with van der Waals surface area (Å²) in [6.07, 6.45) is 3.48. The van der Waals surface area contributed by atoms with E-state index in [-0.39, 0.29) is 30.5 Å². The van der Waals surface area contributed by atoms with E-state index in [9.17, 15) is 5.11 Å². The third-order valence-electron chi connectivity index (χ3n) is 3.47. The molecule has 25 heavy (non-hydrogen) atoms. The molecule has 0 aliphatic rings. The lowest BCUT2D eigenvalue weighted by atomic mass is 10.0. The lowest BCUT2D eigenvalue weighted by Gasteiger charge is -2.19. The number of nitrogens with zero attached hydrogens (tertiary/aromatic N) is 2. The maximum absolute atomic E-state index is 10.5. The molecule has 0 bridgehead atoms. The lowest BCUT2D eigenvalue weighted by Crippen LogP contribution is -2.39. The fourth-order valence-corrected chi connectivity index (χ4v) is 3.02. The highest BCUT2D eigenvalue weighted by Gasteiger charge is 2.25. The molecule has 2 aromatic rings. The fraction of sp³-hybridized carbons (Fsp3) is 0.529. The molecular weight excluding hydrogens is 451 g/mol. The Morgan fingerprint density at radius 2 is 2.24 bits per heavy atom. The smallest absolute Gasteiger partial charge is 0.191 e. The van der Waals surface area contributed by atoms with Gasteiger partial charge in [0.05, 0.1) is 17.8 Å². The molecule has 2 rings (SSSR count). The Balaban J connectivity index is 0.00000312. The summed E-state index contributed by atoms with van der Waals surface area (Å²) in [6.45, 7) is 7.51. The molecule has 140 valence electrons. The summed E-state index contributed by atoms with van der Waals surface area (Å²) in [5, 5.41) is 20.2. The number of aliphatic imine (C=N–C) groups is 1. The van der Waals surface area contributed by atoms with E-state index in [0.717, 1.165) is 36.6 Å². The van der Waals surface area contributed by atoms with Crippen LogP contribution in [-0.4, -0.2) is 35.7 Å². The first kappa shape index (κ1) is 21.9. The average Bonchev–Trinajstić information content (AvgIpc) is 3.21. The highest BCUT2D eigenvalue weighted by Crippen LogP contribution is 2.21. The van der Waals surface area contributed by atoms with E-state index in [1.165, 1.54) is 0 Å². The summed E-state index contributed by atoms with van der Waals surface area (Å²) in [4.78, 5) is 8.92. The van der Waals surface area contributed by atoms with E-state index in [1.807, 2.05) is 13.8 Å². The largest absolute Gasteiger partial charge is 0.466 e. The van der Waals surface area contributed by atoms with Crippen LogP contribution in [0.15, 0.2) is 33.2 Å². The van der Waals surface area contributed by atoms with Gasteiger partial charge in [0.15, 0.2) is 5.96 Å². The number of hydrogen-bond acceptors (Lipinski definition) is 5. The van der Waals surface area contributed by atoms with Crippen LogP contribution in [0.5, 0.6) is 0 Å². The van der Waals surface area contributed by atoms with Crippen LogP contribution in [0.1, 0.15) is 36.7 Å². The van der Waals surface area contributed by atoms with Gasteiger partial charge in [-0.3, -0.25) is 0 Å². The second-order valence-corrected chi connectivity index (χ2v) is 6.80. The standard InChI is InChI=1S/C17H26N4O2S.HI/c1-4-18-16(19-9-5-8-15-21-13(2)11-24-15)20-12-17(3,22)14-7-6-10-23-14;/h6-7,10-11,22H,4-5,8-9,12H2,1-3H3,(H2,18,19,20);1H. The van der Waals surface area contributed by atoms with E-state index in [2.05, 4.69) is 26.0 Å². The first-order valence-corrected chi connectivity index (χ1v) is 9.09. The SMILES string of the molecule is CCNC(=NCC(C)(O)c1ccco1)NCCCc1nc(C)cs1.I. The molecule has 0 spiro atoms. The van der Waals surface area contributed by atoms with E-state index >= 15 is 0 Å². The van der Waals surface area contributed by atoms with Crippen molar-refractivity contribution in [3.63, 3.8) is 0 Å². The Bertz CT molecular complexity index is 641. The quantitative estimate of drug-likeness (QED) is 0.235. The first-order chi connectivity index (χ1) is 11.5. The van der Waals surface area contributed by atoms with Crippen LogP contribution in [0.25, 0.3) is 0 Å². The first-order valence-electron chi connectivity index (χ1n) is 8.21. The molecule has 2 heterocycles. The van der Waals surface area contributed by atoms with Gasteiger partial charge in [-0.1, -0.05) is 0 Å². The number of halogens is 1.